The van der Waals surface area contributed by atoms with Gasteiger partial charge in [-0.05, 0) is 47.0 Å². The molecule has 5 nitrogen and oxygen atoms in total. The van der Waals surface area contributed by atoms with Crippen LogP contribution in [-0.4, -0.2) is 46.9 Å². The molecule has 8 heteroatoms. The summed E-state index contributed by atoms with van der Waals surface area (Å²) in [5.41, 5.74) is 2.01. The van der Waals surface area contributed by atoms with Gasteiger partial charge in [-0.25, -0.2) is 0 Å². The zero-order chi connectivity index (χ0) is 24.0. The number of amides is 1. The highest BCUT2D eigenvalue weighted by Crippen LogP contribution is 2.29. The van der Waals surface area contributed by atoms with Gasteiger partial charge < -0.3 is 9.64 Å². The van der Waals surface area contributed by atoms with E-state index in [2.05, 4.69) is 9.88 Å². The van der Waals surface area contributed by atoms with E-state index in [9.17, 15) is 18.0 Å². The van der Waals surface area contributed by atoms with Crippen molar-refractivity contribution in [3.63, 3.8) is 0 Å². The van der Waals surface area contributed by atoms with Gasteiger partial charge in [0.25, 0.3) is 0 Å². The van der Waals surface area contributed by atoms with Gasteiger partial charge in [0.15, 0.2) is 0 Å². The molecular formula is C26H26F3N3O2. The van der Waals surface area contributed by atoms with Crippen LogP contribution in [0.2, 0.25) is 0 Å². The lowest BCUT2D eigenvalue weighted by molar-refractivity contribution is -0.137. The van der Waals surface area contributed by atoms with Crippen LogP contribution in [0.5, 0.6) is 5.75 Å². The number of hydrogen-bond acceptors (Lipinski definition) is 4. The maximum atomic E-state index is 12.7. The Labute approximate surface area is 196 Å². The van der Waals surface area contributed by atoms with Crippen LogP contribution in [0.4, 0.5) is 13.2 Å². The number of carbonyl (C=O) groups is 1. The van der Waals surface area contributed by atoms with E-state index in [4.69, 9.17) is 4.74 Å². The quantitative estimate of drug-likeness (QED) is 0.509. The number of aromatic nitrogens is 1. The molecule has 4 rings (SSSR count). The molecule has 0 unspecified atom stereocenters. The molecule has 2 heterocycles. The summed E-state index contributed by atoms with van der Waals surface area (Å²) in [5, 5.41) is 0. The monoisotopic (exact) mass is 469 g/mol. The van der Waals surface area contributed by atoms with Crippen molar-refractivity contribution in [2.75, 3.05) is 26.2 Å². The molecule has 3 aromatic rings. The van der Waals surface area contributed by atoms with Crippen molar-refractivity contribution in [3.8, 4) is 5.75 Å². The molecule has 0 saturated carbocycles. The number of hydrogen-bond donors (Lipinski definition) is 0. The first-order chi connectivity index (χ1) is 16.4. The lowest BCUT2D eigenvalue weighted by atomic mass is 10.1. The van der Waals surface area contributed by atoms with Crippen LogP contribution in [0.15, 0.2) is 73.1 Å². The Morgan fingerprint density at radius 3 is 2.32 bits per heavy atom. The Hall–Kier alpha value is -3.39. The van der Waals surface area contributed by atoms with E-state index < -0.39 is 11.7 Å². The number of alkyl halides is 3. The predicted octanol–water partition coefficient (Wildman–Crippen LogP) is 4.57. The van der Waals surface area contributed by atoms with E-state index in [0.717, 1.165) is 42.9 Å². The summed E-state index contributed by atoms with van der Waals surface area (Å²) in [4.78, 5) is 20.8. The van der Waals surface area contributed by atoms with Gasteiger partial charge in [0.05, 0.1) is 12.0 Å². The number of carbonyl (C=O) groups excluding carboxylic acids is 1. The number of nitrogens with zero attached hydrogens (tertiary/aromatic N) is 3. The Bertz CT molecular complexity index is 1080. The zero-order valence-electron chi connectivity index (χ0n) is 18.7. The van der Waals surface area contributed by atoms with Crippen LogP contribution in [0.3, 0.4) is 0 Å². The maximum absolute atomic E-state index is 12.7. The molecule has 0 bridgehead atoms. The van der Waals surface area contributed by atoms with Crippen molar-refractivity contribution in [2.24, 2.45) is 0 Å². The third-order valence-electron chi connectivity index (χ3n) is 5.79. The molecule has 1 fully saturated rings. The first-order valence-electron chi connectivity index (χ1n) is 11.1. The van der Waals surface area contributed by atoms with Gasteiger partial charge in [-0.15, -0.1) is 0 Å². The zero-order valence-corrected chi connectivity index (χ0v) is 18.7. The van der Waals surface area contributed by atoms with Crippen LogP contribution in [-0.2, 0) is 30.5 Å². The van der Waals surface area contributed by atoms with E-state index in [-0.39, 0.29) is 12.5 Å². The van der Waals surface area contributed by atoms with Gasteiger partial charge in [-0.3, -0.25) is 14.7 Å². The number of rotatable bonds is 7. The topological polar surface area (TPSA) is 45.7 Å². The normalized spacial score (nSPS) is 14.7. The van der Waals surface area contributed by atoms with Crippen LogP contribution in [0.1, 0.15) is 22.3 Å². The van der Waals surface area contributed by atoms with Crippen molar-refractivity contribution < 1.29 is 22.7 Å². The minimum atomic E-state index is -4.34. The Morgan fingerprint density at radius 1 is 0.912 bits per heavy atom. The van der Waals surface area contributed by atoms with Crippen molar-refractivity contribution in [1.82, 2.24) is 14.8 Å². The van der Waals surface area contributed by atoms with E-state index in [1.165, 1.54) is 12.1 Å². The first-order valence-corrected chi connectivity index (χ1v) is 11.1. The predicted molar refractivity (Wildman–Crippen MR) is 122 cm³/mol. The highest BCUT2D eigenvalue weighted by atomic mass is 19.4. The fraction of sp³-hybridized carbons (Fsp3) is 0.308. The molecule has 0 atom stereocenters. The second-order valence-electron chi connectivity index (χ2n) is 8.33. The average Bonchev–Trinajstić information content (AvgIpc) is 2.84. The molecule has 1 amide bonds. The SMILES string of the molecule is O=C(Cc1cccnc1)N1CCN(Cc2cccc(OCc3ccc(C(F)(F)F)cc3)c2)CC1. The number of ether oxygens (including phenoxy) is 1. The van der Waals surface area contributed by atoms with Gasteiger partial charge in [-0.1, -0.05) is 30.3 Å². The fourth-order valence-corrected chi connectivity index (χ4v) is 3.89. The molecule has 178 valence electrons. The van der Waals surface area contributed by atoms with Crippen LogP contribution in [0, 0.1) is 0 Å². The molecule has 2 aromatic carbocycles. The number of piperazine rings is 1. The summed E-state index contributed by atoms with van der Waals surface area (Å²) in [6, 6.07) is 16.5. The lowest BCUT2D eigenvalue weighted by Crippen LogP contribution is -2.48. The van der Waals surface area contributed by atoms with Gasteiger partial charge in [-0.2, -0.15) is 13.2 Å². The Morgan fingerprint density at radius 2 is 1.65 bits per heavy atom. The van der Waals surface area contributed by atoms with Gasteiger partial charge in [0, 0.05) is 45.1 Å². The molecular weight excluding hydrogens is 443 g/mol. The number of benzene rings is 2. The summed E-state index contributed by atoms with van der Waals surface area (Å²) < 4.78 is 43.9. The summed E-state index contributed by atoms with van der Waals surface area (Å²) in [7, 11) is 0. The summed E-state index contributed by atoms with van der Waals surface area (Å²) in [5.74, 6) is 0.786. The Balaban J connectivity index is 1.25. The largest absolute Gasteiger partial charge is 0.489 e. The molecule has 1 aromatic heterocycles. The van der Waals surface area contributed by atoms with Crippen LogP contribution < -0.4 is 4.74 Å². The molecule has 1 saturated heterocycles. The van der Waals surface area contributed by atoms with Crippen molar-refractivity contribution >= 4 is 5.91 Å². The van der Waals surface area contributed by atoms with E-state index >= 15 is 0 Å². The molecule has 1 aliphatic rings. The molecule has 0 radical (unpaired) electrons. The number of halogens is 3. The van der Waals surface area contributed by atoms with Crippen LogP contribution >= 0.6 is 0 Å². The molecule has 34 heavy (non-hydrogen) atoms. The number of pyridine rings is 1. The molecule has 0 spiro atoms. The summed E-state index contributed by atoms with van der Waals surface area (Å²) >= 11 is 0. The van der Waals surface area contributed by atoms with Crippen molar-refractivity contribution in [1.29, 1.82) is 0 Å². The average molecular weight is 470 g/mol. The van der Waals surface area contributed by atoms with Crippen LogP contribution in [0.25, 0.3) is 0 Å². The summed E-state index contributed by atoms with van der Waals surface area (Å²) in [6.45, 7) is 3.87. The van der Waals surface area contributed by atoms with E-state index in [1.54, 1.807) is 12.4 Å². The Kier molecular flexibility index (Phi) is 7.47. The lowest BCUT2D eigenvalue weighted by Gasteiger charge is -2.34. The standard InChI is InChI=1S/C26H26F3N3O2/c27-26(28,29)23-8-6-20(7-9-23)19-34-24-5-1-3-22(15-24)18-31-11-13-32(14-12-31)25(33)16-21-4-2-10-30-17-21/h1-10,15,17H,11-14,16,18-19H2. The van der Waals surface area contributed by atoms with Gasteiger partial charge >= 0.3 is 6.18 Å². The molecule has 1 aliphatic heterocycles. The summed E-state index contributed by atoms with van der Waals surface area (Å²) in [6.07, 6.45) is -0.555. The first kappa shape index (κ1) is 23.8. The van der Waals surface area contributed by atoms with Gasteiger partial charge in [0.1, 0.15) is 12.4 Å². The third kappa shape index (κ3) is 6.57. The second-order valence-corrected chi connectivity index (χ2v) is 8.33. The minimum absolute atomic E-state index is 0.117. The van der Waals surface area contributed by atoms with E-state index in [0.29, 0.717) is 30.8 Å². The molecule has 0 aliphatic carbocycles. The fourth-order valence-electron chi connectivity index (χ4n) is 3.89. The van der Waals surface area contributed by atoms with Gasteiger partial charge in [0.2, 0.25) is 5.91 Å². The smallest absolute Gasteiger partial charge is 0.416 e. The van der Waals surface area contributed by atoms with E-state index in [1.807, 2.05) is 41.3 Å². The maximum Gasteiger partial charge on any atom is 0.416 e. The minimum Gasteiger partial charge on any atom is -0.489 e. The third-order valence-corrected chi connectivity index (χ3v) is 5.79. The second kappa shape index (κ2) is 10.7. The van der Waals surface area contributed by atoms with Crippen molar-refractivity contribution in [3.05, 3.63) is 95.3 Å². The molecule has 0 N–H and O–H groups in total. The highest BCUT2D eigenvalue weighted by molar-refractivity contribution is 5.78. The van der Waals surface area contributed by atoms with Crippen molar-refractivity contribution in [2.45, 2.75) is 25.7 Å². The highest BCUT2D eigenvalue weighted by Gasteiger charge is 2.30.